The molecule has 3 heterocycles. The molecule has 5 rings (SSSR count). The van der Waals surface area contributed by atoms with E-state index in [1.165, 1.54) is 6.42 Å². The molecule has 0 bridgehead atoms. The number of nitrogens with one attached hydrogen (secondary N) is 1. The Morgan fingerprint density at radius 1 is 1.12 bits per heavy atom. The van der Waals surface area contributed by atoms with Crippen LogP contribution >= 0.6 is 11.6 Å². The first-order chi connectivity index (χ1) is 15.6. The first-order valence-corrected chi connectivity index (χ1v) is 11.8. The van der Waals surface area contributed by atoms with Gasteiger partial charge in [-0.3, -0.25) is 9.59 Å². The summed E-state index contributed by atoms with van der Waals surface area (Å²) in [5.41, 5.74) is 1.24. The molecular formula is C23H27ClN6O2. The lowest BCUT2D eigenvalue weighted by atomic mass is 9.87. The van der Waals surface area contributed by atoms with E-state index in [9.17, 15) is 9.59 Å². The van der Waals surface area contributed by atoms with E-state index in [1.54, 1.807) is 4.68 Å². The van der Waals surface area contributed by atoms with Gasteiger partial charge in [-0.25, -0.2) is 9.67 Å². The van der Waals surface area contributed by atoms with E-state index in [2.05, 4.69) is 15.3 Å². The molecule has 2 aliphatic rings. The zero-order valence-corrected chi connectivity index (χ0v) is 18.7. The van der Waals surface area contributed by atoms with E-state index in [-0.39, 0.29) is 28.8 Å². The van der Waals surface area contributed by atoms with Crippen molar-refractivity contribution in [1.82, 2.24) is 29.9 Å². The van der Waals surface area contributed by atoms with Crippen molar-refractivity contribution in [1.29, 1.82) is 0 Å². The number of benzene rings is 1. The van der Waals surface area contributed by atoms with Gasteiger partial charge in [0.05, 0.1) is 6.54 Å². The number of carbonyl (C=O) groups excluding carboxylic acids is 1. The average molecular weight is 455 g/mol. The number of aromatic amines is 1. The molecule has 9 heteroatoms. The van der Waals surface area contributed by atoms with E-state index >= 15 is 0 Å². The van der Waals surface area contributed by atoms with Crippen LogP contribution in [-0.4, -0.2) is 48.9 Å². The van der Waals surface area contributed by atoms with Crippen molar-refractivity contribution < 1.29 is 4.79 Å². The Bertz CT molecular complexity index is 1180. The Kier molecular flexibility index (Phi) is 5.95. The Labute approximate surface area is 191 Å². The molecule has 1 saturated heterocycles. The Balaban J connectivity index is 1.40. The summed E-state index contributed by atoms with van der Waals surface area (Å²) in [5.74, 6) is 1.02. The largest absolute Gasteiger partial charge is 0.342 e. The number of amides is 1. The molecule has 1 aliphatic carbocycles. The van der Waals surface area contributed by atoms with Crippen LogP contribution in [0.1, 0.15) is 62.3 Å². The lowest BCUT2D eigenvalue weighted by molar-refractivity contribution is -0.137. The number of piperidine rings is 1. The summed E-state index contributed by atoms with van der Waals surface area (Å²) in [6.45, 7) is 1.75. The van der Waals surface area contributed by atoms with Crippen LogP contribution in [0, 0.1) is 5.92 Å². The van der Waals surface area contributed by atoms with Crippen LogP contribution in [0.4, 0.5) is 0 Å². The molecule has 1 N–H and O–H groups in total. The molecule has 1 saturated carbocycles. The monoisotopic (exact) mass is 454 g/mol. The second-order valence-corrected chi connectivity index (χ2v) is 9.33. The summed E-state index contributed by atoms with van der Waals surface area (Å²) < 4.78 is 1.61. The van der Waals surface area contributed by atoms with Crippen molar-refractivity contribution in [2.75, 3.05) is 13.1 Å². The first-order valence-electron chi connectivity index (χ1n) is 11.5. The van der Waals surface area contributed by atoms with Gasteiger partial charge in [-0.15, -0.1) is 5.10 Å². The normalized spacial score (nSPS) is 20.0. The molecular weight excluding hydrogens is 428 g/mol. The molecule has 2 aromatic heterocycles. The fourth-order valence-corrected chi connectivity index (χ4v) is 5.17. The van der Waals surface area contributed by atoms with E-state index in [1.807, 2.05) is 29.2 Å². The summed E-state index contributed by atoms with van der Waals surface area (Å²) in [6.07, 6.45) is 7.29. The smallest absolute Gasteiger partial charge is 0.281 e. The van der Waals surface area contributed by atoms with Gasteiger partial charge in [0.15, 0.2) is 11.2 Å². The highest BCUT2D eigenvalue weighted by Gasteiger charge is 2.31. The zero-order valence-electron chi connectivity index (χ0n) is 18.0. The molecule has 1 aromatic carbocycles. The number of nitrogens with zero attached hydrogens (tertiary/aromatic N) is 5. The van der Waals surface area contributed by atoms with Crippen LogP contribution in [0.5, 0.6) is 0 Å². The van der Waals surface area contributed by atoms with Crippen molar-refractivity contribution in [2.24, 2.45) is 5.92 Å². The van der Waals surface area contributed by atoms with Crippen LogP contribution < -0.4 is 5.56 Å². The Hall–Kier alpha value is -2.74. The summed E-state index contributed by atoms with van der Waals surface area (Å²) in [7, 11) is 0. The lowest BCUT2D eigenvalue weighted by Gasteiger charge is -2.35. The number of carbonyl (C=O) groups is 1. The van der Waals surface area contributed by atoms with Gasteiger partial charge in [0, 0.05) is 29.9 Å². The number of hydrogen-bond acceptors (Lipinski definition) is 5. The molecule has 2 fully saturated rings. The molecule has 32 heavy (non-hydrogen) atoms. The molecule has 0 spiro atoms. The van der Waals surface area contributed by atoms with Gasteiger partial charge >= 0.3 is 0 Å². The predicted molar refractivity (Wildman–Crippen MR) is 122 cm³/mol. The SMILES string of the molecule is O=C(C1CCCCC1)N1CCCC(c2nc3c(nnn3Cc3ccccc3Cl)c(=O)[nH]2)C1. The number of hydrogen-bond donors (Lipinski definition) is 1. The van der Waals surface area contributed by atoms with Crippen molar-refractivity contribution in [3.05, 3.63) is 51.0 Å². The van der Waals surface area contributed by atoms with Crippen LogP contribution in [0.3, 0.4) is 0 Å². The number of H-pyrrole nitrogens is 1. The van der Waals surface area contributed by atoms with Crippen molar-refractivity contribution in [3.63, 3.8) is 0 Å². The van der Waals surface area contributed by atoms with Crippen LogP contribution in [0.15, 0.2) is 29.1 Å². The van der Waals surface area contributed by atoms with Gasteiger partial charge in [0.2, 0.25) is 5.91 Å². The third kappa shape index (κ3) is 4.16. The van der Waals surface area contributed by atoms with Crippen LogP contribution in [-0.2, 0) is 11.3 Å². The molecule has 1 atom stereocenters. The minimum atomic E-state index is -0.300. The highest BCUT2D eigenvalue weighted by Crippen LogP contribution is 2.30. The minimum absolute atomic E-state index is 0.00273. The Morgan fingerprint density at radius 2 is 1.94 bits per heavy atom. The van der Waals surface area contributed by atoms with Crippen LogP contribution in [0.2, 0.25) is 5.02 Å². The summed E-state index contributed by atoms with van der Waals surface area (Å²) >= 11 is 6.30. The van der Waals surface area contributed by atoms with Crippen molar-refractivity contribution in [3.8, 4) is 0 Å². The molecule has 3 aromatic rings. The van der Waals surface area contributed by atoms with Gasteiger partial charge in [0.25, 0.3) is 5.56 Å². The van der Waals surface area contributed by atoms with Gasteiger partial charge < -0.3 is 9.88 Å². The maximum absolute atomic E-state index is 13.1. The quantitative estimate of drug-likeness (QED) is 0.650. The van der Waals surface area contributed by atoms with Crippen molar-refractivity contribution >= 4 is 28.7 Å². The number of halogens is 1. The van der Waals surface area contributed by atoms with E-state index in [4.69, 9.17) is 16.6 Å². The van der Waals surface area contributed by atoms with E-state index in [0.717, 1.165) is 50.6 Å². The van der Waals surface area contributed by atoms with E-state index in [0.29, 0.717) is 29.6 Å². The predicted octanol–water partition coefficient (Wildman–Crippen LogP) is 3.50. The van der Waals surface area contributed by atoms with Crippen LogP contribution in [0.25, 0.3) is 11.2 Å². The number of fused-ring (bicyclic) bond motifs is 1. The van der Waals surface area contributed by atoms with Gasteiger partial charge in [-0.2, -0.15) is 0 Å². The first kappa shape index (κ1) is 21.1. The Morgan fingerprint density at radius 3 is 2.75 bits per heavy atom. The lowest BCUT2D eigenvalue weighted by Crippen LogP contribution is -2.43. The van der Waals surface area contributed by atoms with E-state index < -0.39 is 0 Å². The highest BCUT2D eigenvalue weighted by molar-refractivity contribution is 6.31. The molecule has 8 nitrogen and oxygen atoms in total. The molecule has 168 valence electrons. The molecule has 1 amide bonds. The summed E-state index contributed by atoms with van der Waals surface area (Å²) in [4.78, 5) is 35.4. The second-order valence-electron chi connectivity index (χ2n) is 8.92. The standard InChI is InChI=1S/C23H27ClN6O2/c24-18-11-5-4-9-16(18)14-30-21-19(27-28-30)22(31)26-20(25-21)17-10-6-12-29(13-17)23(32)15-7-2-1-3-8-15/h4-5,9,11,15,17H,1-3,6-8,10,12-14H2,(H,25,26,31). The summed E-state index contributed by atoms with van der Waals surface area (Å²) in [5, 5.41) is 8.81. The molecule has 1 aliphatic heterocycles. The van der Waals surface area contributed by atoms with Gasteiger partial charge in [-0.05, 0) is 37.3 Å². The summed E-state index contributed by atoms with van der Waals surface area (Å²) in [6, 6.07) is 7.52. The van der Waals surface area contributed by atoms with Gasteiger partial charge in [0.1, 0.15) is 5.82 Å². The number of aromatic nitrogens is 5. The maximum Gasteiger partial charge on any atom is 0.281 e. The molecule has 0 radical (unpaired) electrons. The zero-order chi connectivity index (χ0) is 22.1. The minimum Gasteiger partial charge on any atom is -0.342 e. The fourth-order valence-electron chi connectivity index (χ4n) is 4.98. The molecule has 1 unspecified atom stereocenters. The third-order valence-electron chi connectivity index (χ3n) is 6.74. The maximum atomic E-state index is 13.1. The third-order valence-corrected chi connectivity index (χ3v) is 7.11. The van der Waals surface area contributed by atoms with Crippen molar-refractivity contribution in [2.45, 2.75) is 57.4 Å². The fraction of sp³-hybridized carbons (Fsp3) is 0.522. The topological polar surface area (TPSA) is 96.8 Å². The second kappa shape index (κ2) is 9.02. The van der Waals surface area contributed by atoms with Gasteiger partial charge in [-0.1, -0.05) is 54.3 Å². The highest BCUT2D eigenvalue weighted by atomic mass is 35.5. The average Bonchev–Trinajstić information content (AvgIpc) is 3.24. The number of rotatable bonds is 4. The number of likely N-dealkylation sites (tertiary alicyclic amines) is 1.